The molecule has 0 saturated carbocycles. The SMILES string of the molecule is CC(C)CCOc1ccc(/C=C(\C#N)C(=O)NC(C)C)cc1. The van der Waals surface area contributed by atoms with Gasteiger partial charge in [0.05, 0.1) is 6.61 Å². The Labute approximate surface area is 132 Å². The highest BCUT2D eigenvalue weighted by Crippen LogP contribution is 2.15. The number of nitrogens with one attached hydrogen (secondary N) is 1. The van der Waals surface area contributed by atoms with Crippen LogP contribution in [-0.2, 0) is 4.79 Å². The fourth-order valence-electron chi connectivity index (χ4n) is 1.73. The van der Waals surface area contributed by atoms with Gasteiger partial charge in [0.25, 0.3) is 5.91 Å². The number of carbonyl (C=O) groups excluding carboxylic acids is 1. The quantitative estimate of drug-likeness (QED) is 0.619. The van der Waals surface area contributed by atoms with Gasteiger partial charge in [0.1, 0.15) is 17.4 Å². The van der Waals surface area contributed by atoms with Crippen molar-refractivity contribution < 1.29 is 9.53 Å². The molecule has 1 aromatic rings. The third-order valence-corrected chi connectivity index (χ3v) is 2.94. The number of ether oxygens (including phenoxy) is 1. The molecule has 0 aliphatic rings. The third-order valence-electron chi connectivity index (χ3n) is 2.94. The largest absolute Gasteiger partial charge is 0.494 e. The Morgan fingerprint density at radius 2 is 1.91 bits per heavy atom. The van der Waals surface area contributed by atoms with Gasteiger partial charge >= 0.3 is 0 Å². The standard InChI is InChI=1S/C18H24N2O2/c1-13(2)9-10-22-17-7-5-15(6-8-17)11-16(12-19)18(21)20-14(3)4/h5-8,11,13-14H,9-10H2,1-4H3,(H,20,21)/b16-11+. The Kier molecular flexibility index (Phi) is 7.18. The van der Waals surface area contributed by atoms with E-state index in [2.05, 4.69) is 19.2 Å². The molecule has 0 fully saturated rings. The van der Waals surface area contributed by atoms with E-state index in [0.717, 1.165) is 17.7 Å². The zero-order chi connectivity index (χ0) is 16.5. The van der Waals surface area contributed by atoms with Crippen LogP contribution in [0.3, 0.4) is 0 Å². The van der Waals surface area contributed by atoms with E-state index in [1.165, 1.54) is 0 Å². The van der Waals surface area contributed by atoms with Crippen molar-refractivity contribution in [3.05, 3.63) is 35.4 Å². The van der Waals surface area contributed by atoms with E-state index in [1.54, 1.807) is 6.08 Å². The summed E-state index contributed by atoms with van der Waals surface area (Å²) in [5.74, 6) is 1.05. The minimum Gasteiger partial charge on any atom is -0.494 e. The zero-order valence-electron chi connectivity index (χ0n) is 13.7. The number of carbonyl (C=O) groups is 1. The summed E-state index contributed by atoms with van der Waals surface area (Å²) < 4.78 is 5.64. The first-order chi connectivity index (χ1) is 10.4. The molecule has 118 valence electrons. The highest BCUT2D eigenvalue weighted by atomic mass is 16.5. The first-order valence-corrected chi connectivity index (χ1v) is 7.58. The van der Waals surface area contributed by atoms with E-state index in [4.69, 9.17) is 10.00 Å². The Morgan fingerprint density at radius 1 is 1.27 bits per heavy atom. The van der Waals surface area contributed by atoms with Crippen LogP contribution in [0, 0.1) is 17.2 Å². The summed E-state index contributed by atoms with van der Waals surface area (Å²) in [6.45, 7) is 8.71. The van der Waals surface area contributed by atoms with E-state index >= 15 is 0 Å². The lowest BCUT2D eigenvalue weighted by Gasteiger charge is -2.08. The van der Waals surface area contributed by atoms with Crippen LogP contribution in [0.4, 0.5) is 0 Å². The minimum atomic E-state index is -0.352. The summed E-state index contributed by atoms with van der Waals surface area (Å²) in [6, 6.07) is 9.31. The van der Waals surface area contributed by atoms with Gasteiger partial charge in [-0.05, 0) is 50.0 Å². The third kappa shape index (κ3) is 6.45. The average Bonchev–Trinajstić information content (AvgIpc) is 2.45. The summed E-state index contributed by atoms with van der Waals surface area (Å²) in [7, 11) is 0. The normalized spacial score (nSPS) is 11.4. The molecule has 4 nitrogen and oxygen atoms in total. The zero-order valence-corrected chi connectivity index (χ0v) is 13.7. The van der Waals surface area contributed by atoms with Gasteiger partial charge < -0.3 is 10.1 Å². The Bertz CT molecular complexity index is 551. The number of nitrogens with zero attached hydrogens (tertiary/aromatic N) is 1. The lowest BCUT2D eigenvalue weighted by Crippen LogP contribution is -2.30. The van der Waals surface area contributed by atoms with Crippen LogP contribution in [0.15, 0.2) is 29.8 Å². The molecule has 0 aromatic heterocycles. The van der Waals surface area contributed by atoms with Crippen LogP contribution in [-0.4, -0.2) is 18.6 Å². The summed E-state index contributed by atoms with van der Waals surface area (Å²) in [5.41, 5.74) is 0.897. The number of hydrogen-bond acceptors (Lipinski definition) is 3. The smallest absolute Gasteiger partial charge is 0.262 e. The summed E-state index contributed by atoms with van der Waals surface area (Å²) in [5, 5.41) is 11.8. The molecule has 0 atom stereocenters. The van der Waals surface area contributed by atoms with Gasteiger partial charge in [-0.3, -0.25) is 4.79 Å². The van der Waals surface area contributed by atoms with Gasteiger partial charge in [-0.25, -0.2) is 0 Å². The van der Waals surface area contributed by atoms with Crippen molar-refractivity contribution in [1.29, 1.82) is 5.26 Å². The highest BCUT2D eigenvalue weighted by Gasteiger charge is 2.09. The van der Waals surface area contributed by atoms with Crippen molar-refractivity contribution in [2.75, 3.05) is 6.61 Å². The van der Waals surface area contributed by atoms with E-state index < -0.39 is 0 Å². The molecule has 1 aromatic carbocycles. The average molecular weight is 300 g/mol. The molecule has 1 amide bonds. The molecule has 0 aliphatic carbocycles. The van der Waals surface area contributed by atoms with Crippen LogP contribution in [0.1, 0.15) is 39.7 Å². The number of hydrogen-bond donors (Lipinski definition) is 1. The maximum Gasteiger partial charge on any atom is 0.262 e. The van der Waals surface area contributed by atoms with Gasteiger partial charge in [0.2, 0.25) is 0 Å². The Morgan fingerprint density at radius 3 is 2.41 bits per heavy atom. The fraction of sp³-hybridized carbons (Fsp3) is 0.444. The van der Waals surface area contributed by atoms with Gasteiger partial charge in [-0.15, -0.1) is 0 Å². The number of benzene rings is 1. The molecule has 0 unspecified atom stereocenters. The molecule has 0 spiro atoms. The molecular weight excluding hydrogens is 276 g/mol. The monoisotopic (exact) mass is 300 g/mol. The second kappa shape index (κ2) is 8.89. The molecule has 22 heavy (non-hydrogen) atoms. The summed E-state index contributed by atoms with van der Waals surface area (Å²) in [4.78, 5) is 11.8. The molecule has 1 rings (SSSR count). The molecule has 1 N–H and O–H groups in total. The van der Waals surface area contributed by atoms with Crippen LogP contribution >= 0.6 is 0 Å². The second-order valence-electron chi connectivity index (χ2n) is 5.90. The van der Waals surface area contributed by atoms with E-state index in [-0.39, 0.29) is 17.5 Å². The Hall–Kier alpha value is -2.28. The van der Waals surface area contributed by atoms with Crippen molar-refractivity contribution in [2.24, 2.45) is 5.92 Å². The van der Waals surface area contributed by atoms with Gasteiger partial charge in [0, 0.05) is 6.04 Å². The highest BCUT2D eigenvalue weighted by molar-refractivity contribution is 6.01. The minimum absolute atomic E-state index is 0.000910. The molecule has 0 saturated heterocycles. The number of rotatable bonds is 7. The lowest BCUT2D eigenvalue weighted by molar-refractivity contribution is -0.117. The summed E-state index contributed by atoms with van der Waals surface area (Å²) >= 11 is 0. The molecule has 0 radical (unpaired) electrons. The van der Waals surface area contributed by atoms with Gasteiger partial charge in [-0.2, -0.15) is 5.26 Å². The first kappa shape index (κ1) is 17.8. The number of amides is 1. The van der Waals surface area contributed by atoms with Gasteiger partial charge in [0.15, 0.2) is 0 Å². The second-order valence-corrected chi connectivity index (χ2v) is 5.90. The lowest BCUT2D eigenvalue weighted by atomic mass is 10.1. The van der Waals surface area contributed by atoms with E-state index in [9.17, 15) is 4.79 Å². The molecule has 0 bridgehead atoms. The molecule has 0 heterocycles. The predicted molar refractivity (Wildman–Crippen MR) is 88.3 cm³/mol. The molecule has 0 aliphatic heterocycles. The van der Waals surface area contributed by atoms with Crippen LogP contribution < -0.4 is 10.1 Å². The van der Waals surface area contributed by atoms with E-state index in [1.807, 2.05) is 44.2 Å². The van der Waals surface area contributed by atoms with E-state index in [0.29, 0.717) is 12.5 Å². The maximum atomic E-state index is 11.8. The molecular formula is C18H24N2O2. The van der Waals surface area contributed by atoms with Crippen molar-refractivity contribution in [1.82, 2.24) is 5.32 Å². The topological polar surface area (TPSA) is 62.1 Å². The van der Waals surface area contributed by atoms with Crippen LogP contribution in [0.2, 0.25) is 0 Å². The summed E-state index contributed by atoms with van der Waals surface area (Å²) in [6.07, 6.45) is 2.59. The predicted octanol–water partition coefficient (Wildman–Crippen LogP) is 3.54. The van der Waals surface area contributed by atoms with Crippen molar-refractivity contribution in [3.8, 4) is 11.8 Å². The van der Waals surface area contributed by atoms with Gasteiger partial charge in [-0.1, -0.05) is 26.0 Å². The first-order valence-electron chi connectivity index (χ1n) is 7.58. The van der Waals surface area contributed by atoms with Crippen molar-refractivity contribution in [2.45, 2.75) is 40.2 Å². The van der Waals surface area contributed by atoms with Crippen molar-refractivity contribution in [3.63, 3.8) is 0 Å². The fourth-order valence-corrected chi connectivity index (χ4v) is 1.73. The van der Waals surface area contributed by atoms with Crippen LogP contribution in [0.5, 0.6) is 5.75 Å². The number of nitriles is 1. The Balaban J connectivity index is 2.70. The van der Waals surface area contributed by atoms with Crippen molar-refractivity contribution >= 4 is 12.0 Å². The molecule has 4 heteroatoms. The van der Waals surface area contributed by atoms with Crippen LogP contribution in [0.25, 0.3) is 6.08 Å². The maximum absolute atomic E-state index is 11.8.